The first kappa shape index (κ1) is 18.2. The number of nitrogens with one attached hydrogen (secondary N) is 1. The summed E-state index contributed by atoms with van der Waals surface area (Å²) >= 11 is 5.94. The largest absolute Gasteiger partial charge is 0.473 e. The van der Waals surface area contributed by atoms with Crippen LogP contribution in [0.3, 0.4) is 0 Å². The van der Waals surface area contributed by atoms with Gasteiger partial charge in [0.15, 0.2) is 0 Å². The van der Waals surface area contributed by atoms with Gasteiger partial charge in [-0.1, -0.05) is 11.6 Å². The zero-order chi connectivity index (χ0) is 17.6. The number of benzene rings is 1. The minimum Gasteiger partial charge on any atom is -0.473 e. The predicted octanol–water partition coefficient (Wildman–Crippen LogP) is 3.54. The van der Waals surface area contributed by atoms with Crippen molar-refractivity contribution < 1.29 is 13.9 Å². The number of hydrogen-bond donors (Lipinski definition) is 1. The molecule has 0 unspecified atom stereocenters. The van der Waals surface area contributed by atoms with Crippen LogP contribution in [0.5, 0.6) is 5.88 Å². The molecule has 1 aromatic carbocycles. The molecule has 0 bridgehead atoms. The quantitative estimate of drug-likeness (QED) is 0.813. The van der Waals surface area contributed by atoms with E-state index >= 15 is 0 Å². The highest BCUT2D eigenvalue weighted by Gasteiger charge is 2.18. The summed E-state index contributed by atoms with van der Waals surface area (Å²) in [6.45, 7) is 2.17. The number of halogens is 2. The molecule has 1 saturated heterocycles. The monoisotopic (exact) mass is 367 g/mol. The number of nitrogens with zero attached hydrogens (tertiary/aromatic N) is 2. The molecule has 0 amide bonds. The maximum Gasteiger partial charge on any atom is 0.212 e. The highest BCUT2D eigenvalue weighted by Crippen LogP contribution is 2.22. The van der Waals surface area contributed by atoms with E-state index in [1.807, 2.05) is 17.8 Å². The van der Waals surface area contributed by atoms with Gasteiger partial charge in [0.05, 0.1) is 18.3 Å². The molecule has 0 radical (unpaired) electrons. The number of rotatable bonds is 7. The van der Waals surface area contributed by atoms with Crippen molar-refractivity contribution in [1.29, 1.82) is 0 Å². The second kappa shape index (κ2) is 8.65. The van der Waals surface area contributed by atoms with Crippen LogP contribution >= 0.6 is 11.6 Å². The molecule has 1 aliphatic heterocycles. The lowest BCUT2D eigenvalue weighted by atomic mass is 10.1. The Labute approximate surface area is 152 Å². The molecule has 1 aliphatic rings. The van der Waals surface area contributed by atoms with Gasteiger partial charge in [-0.3, -0.25) is 0 Å². The van der Waals surface area contributed by atoms with Gasteiger partial charge in [-0.05, 0) is 44.5 Å². The molecule has 0 saturated carbocycles. The Morgan fingerprint density at radius 2 is 2.28 bits per heavy atom. The third-order valence-corrected chi connectivity index (χ3v) is 4.42. The minimum atomic E-state index is -0.332. The average Bonchev–Trinajstić information content (AvgIpc) is 2.98. The van der Waals surface area contributed by atoms with E-state index in [2.05, 4.69) is 10.4 Å². The Hall–Kier alpha value is -1.63. The maximum atomic E-state index is 13.9. The second-order valence-corrected chi connectivity index (χ2v) is 6.64. The summed E-state index contributed by atoms with van der Waals surface area (Å²) in [5, 5.41) is 8.14. The molecule has 2 aromatic rings. The standard InChI is InChI=1S/C18H23ClFN3O2/c1-21-10-15-9-18(23(22-15)11-16-4-2-3-7-24-16)25-12-13-8-14(19)5-6-17(13)20/h5-6,8-9,16,21H,2-4,7,10-12H2,1H3/t16-/m1/s1. The number of hydrogen-bond acceptors (Lipinski definition) is 4. The first-order chi connectivity index (χ1) is 12.2. The van der Waals surface area contributed by atoms with Gasteiger partial charge < -0.3 is 14.8 Å². The summed E-state index contributed by atoms with van der Waals surface area (Å²) in [6, 6.07) is 6.33. The zero-order valence-electron chi connectivity index (χ0n) is 14.3. The highest BCUT2D eigenvalue weighted by atomic mass is 35.5. The molecule has 1 atom stereocenters. The topological polar surface area (TPSA) is 48.3 Å². The zero-order valence-corrected chi connectivity index (χ0v) is 15.1. The van der Waals surface area contributed by atoms with Gasteiger partial charge in [0.2, 0.25) is 5.88 Å². The van der Waals surface area contributed by atoms with Gasteiger partial charge in [0.1, 0.15) is 12.4 Å². The minimum absolute atomic E-state index is 0.0998. The van der Waals surface area contributed by atoms with Crippen LogP contribution < -0.4 is 10.1 Å². The van der Waals surface area contributed by atoms with Crippen LogP contribution in [0.1, 0.15) is 30.5 Å². The predicted molar refractivity (Wildman–Crippen MR) is 94.3 cm³/mol. The third-order valence-electron chi connectivity index (χ3n) is 4.19. The van der Waals surface area contributed by atoms with Crippen molar-refractivity contribution >= 4 is 11.6 Å². The lowest BCUT2D eigenvalue weighted by Crippen LogP contribution is -2.25. The van der Waals surface area contributed by atoms with Gasteiger partial charge >= 0.3 is 0 Å². The summed E-state index contributed by atoms with van der Waals surface area (Å²) in [6.07, 6.45) is 3.43. The fraction of sp³-hybridized carbons (Fsp3) is 0.500. The summed E-state index contributed by atoms with van der Waals surface area (Å²) in [5.41, 5.74) is 1.30. The van der Waals surface area contributed by atoms with Gasteiger partial charge in [0.25, 0.3) is 0 Å². The fourth-order valence-electron chi connectivity index (χ4n) is 2.91. The van der Waals surface area contributed by atoms with Crippen LogP contribution in [0.15, 0.2) is 24.3 Å². The number of ether oxygens (including phenoxy) is 2. The smallest absolute Gasteiger partial charge is 0.212 e. The van der Waals surface area contributed by atoms with Crippen molar-refractivity contribution in [2.75, 3.05) is 13.7 Å². The molecule has 0 spiro atoms. The average molecular weight is 368 g/mol. The van der Waals surface area contributed by atoms with Crippen LogP contribution in [0.4, 0.5) is 4.39 Å². The van der Waals surface area contributed by atoms with E-state index in [1.165, 1.54) is 18.6 Å². The normalized spacial score (nSPS) is 17.6. The van der Waals surface area contributed by atoms with E-state index in [0.717, 1.165) is 25.1 Å². The second-order valence-electron chi connectivity index (χ2n) is 6.20. The lowest BCUT2D eigenvalue weighted by Gasteiger charge is -2.23. The Kier molecular flexibility index (Phi) is 6.29. The maximum absolute atomic E-state index is 13.9. The van der Waals surface area contributed by atoms with E-state index in [1.54, 1.807) is 6.07 Å². The molecule has 0 aliphatic carbocycles. The lowest BCUT2D eigenvalue weighted by molar-refractivity contribution is 0.00229. The molecule has 1 aromatic heterocycles. The first-order valence-corrected chi connectivity index (χ1v) is 8.93. The molecule has 5 nitrogen and oxygen atoms in total. The van der Waals surface area contributed by atoms with E-state index in [9.17, 15) is 4.39 Å². The molecule has 3 rings (SSSR count). The Bertz CT molecular complexity index is 702. The fourth-order valence-corrected chi connectivity index (χ4v) is 3.11. The molecule has 1 N–H and O–H groups in total. The van der Waals surface area contributed by atoms with Crippen molar-refractivity contribution in [2.24, 2.45) is 0 Å². The van der Waals surface area contributed by atoms with Crippen molar-refractivity contribution in [2.45, 2.75) is 45.1 Å². The molecular weight excluding hydrogens is 345 g/mol. The van der Waals surface area contributed by atoms with Crippen LogP contribution in [-0.4, -0.2) is 29.5 Å². The molecular formula is C18H23ClFN3O2. The van der Waals surface area contributed by atoms with Crippen LogP contribution in [0.2, 0.25) is 5.02 Å². The van der Waals surface area contributed by atoms with Crippen LogP contribution in [0, 0.1) is 5.82 Å². The van der Waals surface area contributed by atoms with Gasteiger partial charge in [-0.15, -0.1) is 0 Å². The molecule has 136 valence electrons. The van der Waals surface area contributed by atoms with E-state index in [-0.39, 0.29) is 18.5 Å². The Morgan fingerprint density at radius 1 is 1.40 bits per heavy atom. The summed E-state index contributed by atoms with van der Waals surface area (Å²) in [5.74, 6) is 0.278. The van der Waals surface area contributed by atoms with E-state index in [4.69, 9.17) is 21.1 Å². The van der Waals surface area contributed by atoms with Gasteiger partial charge in [-0.25, -0.2) is 9.07 Å². The first-order valence-electron chi connectivity index (χ1n) is 8.55. The highest BCUT2D eigenvalue weighted by molar-refractivity contribution is 6.30. The van der Waals surface area contributed by atoms with Crippen LogP contribution in [0.25, 0.3) is 0 Å². The summed E-state index contributed by atoms with van der Waals surface area (Å²) < 4.78 is 27.3. The summed E-state index contributed by atoms with van der Waals surface area (Å²) in [7, 11) is 1.87. The third kappa shape index (κ3) is 4.93. The van der Waals surface area contributed by atoms with E-state index < -0.39 is 0 Å². The van der Waals surface area contributed by atoms with Crippen molar-refractivity contribution in [1.82, 2.24) is 15.1 Å². The van der Waals surface area contributed by atoms with Crippen LogP contribution in [-0.2, 0) is 24.4 Å². The van der Waals surface area contributed by atoms with Gasteiger partial charge in [0, 0.05) is 29.8 Å². The van der Waals surface area contributed by atoms with Crippen molar-refractivity contribution in [3.8, 4) is 5.88 Å². The molecule has 25 heavy (non-hydrogen) atoms. The number of aromatic nitrogens is 2. The summed E-state index contributed by atoms with van der Waals surface area (Å²) in [4.78, 5) is 0. The van der Waals surface area contributed by atoms with Crippen molar-refractivity contribution in [3.63, 3.8) is 0 Å². The Morgan fingerprint density at radius 3 is 3.04 bits per heavy atom. The molecule has 1 fully saturated rings. The molecule has 2 heterocycles. The SMILES string of the molecule is CNCc1cc(OCc2cc(Cl)ccc2F)n(C[C@H]2CCCCO2)n1. The van der Waals surface area contributed by atoms with Crippen molar-refractivity contribution in [3.05, 3.63) is 46.4 Å². The van der Waals surface area contributed by atoms with E-state index in [0.29, 0.717) is 29.6 Å². The van der Waals surface area contributed by atoms with Gasteiger partial charge in [-0.2, -0.15) is 5.10 Å². The Balaban J connectivity index is 1.72. The molecule has 7 heteroatoms.